The summed E-state index contributed by atoms with van der Waals surface area (Å²) in [5.74, 6) is 0.136. The Labute approximate surface area is 76.3 Å². The maximum Gasteiger partial charge on any atom is 0.173 e. The standard InChI is InChI=1S/C9H13BrO/c1-3-5-6-8(4-2)9(11)7-10/h4-6H,3,7H2,1-2H3/b6-5-,8-4+. The predicted molar refractivity (Wildman–Crippen MR) is 52.0 cm³/mol. The van der Waals surface area contributed by atoms with Crippen LogP contribution in [0.2, 0.25) is 0 Å². The van der Waals surface area contributed by atoms with E-state index in [9.17, 15) is 4.79 Å². The van der Waals surface area contributed by atoms with Gasteiger partial charge in [0.15, 0.2) is 5.78 Å². The van der Waals surface area contributed by atoms with Gasteiger partial charge in [-0.25, -0.2) is 0 Å². The molecule has 0 N–H and O–H groups in total. The molecule has 0 aromatic heterocycles. The summed E-state index contributed by atoms with van der Waals surface area (Å²) in [5.41, 5.74) is 0.781. The van der Waals surface area contributed by atoms with Crippen LogP contribution in [0.25, 0.3) is 0 Å². The number of hydrogen-bond donors (Lipinski definition) is 0. The van der Waals surface area contributed by atoms with Gasteiger partial charge in [0.2, 0.25) is 0 Å². The fourth-order valence-corrected chi connectivity index (χ4v) is 0.996. The lowest BCUT2D eigenvalue weighted by Crippen LogP contribution is -2.00. The average molecular weight is 217 g/mol. The van der Waals surface area contributed by atoms with E-state index in [1.54, 1.807) is 0 Å². The average Bonchev–Trinajstić information content (AvgIpc) is 2.05. The monoisotopic (exact) mass is 216 g/mol. The van der Waals surface area contributed by atoms with E-state index in [1.807, 2.05) is 32.1 Å². The molecule has 0 amide bonds. The Balaban J connectivity index is 4.19. The highest BCUT2D eigenvalue weighted by molar-refractivity contribution is 9.09. The minimum atomic E-state index is 0.136. The van der Waals surface area contributed by atoms with Crippen LogP contribution in [0.3, 0.4) is 0 Å². The Kier molecular flexibility index (Phi) is 6.13. The van der Waals surface area contributed by atoms with Crippen LogP contribution in [-0.2, 0) is 4.79 Å². The van der Waals surface area contributed by atoms with Crippen LogP contribution in [-0.4, -0.2) is 11.1 Å². The molecule has 11 heavy (non-hydrogen) atoms. The summed E-state index contributed by atoms with van der Waals surface area (Å²) in [7, 11) is 0. The highest BCUT2D eigenvalue weighted by atomic mass is 79.9. The van der Waals surface area contributed by atoms with E-state index in [2.05, 4.69) is 15.9 Å². The van der Waals surface area contributed by atoms with Crippen LogP contribution in [0, 0.1) is 0 Å². The minimum absolute atomic E-state index is 0.136. The van der Waals surface area contributed by atoms with Crippen molar-refractivity contribution in [3.05, 3.63) is 23.8 Å². The minimum Gasteiger partial charge on any atom is -0.293 e. The molecule has 0 heterocycles. The van der Waals surface area contributed by atoms with Crippen molar-refractivity contribution in [2.45, 2.75) is 20.3 Å². The van der Waals surface area contributed by atoms with Crippen LogP contribution < -0.4 is 0 Å². The second-order valence-electron chi connectivity index (χ2n) is 2.11. The first kappa shape index (κ1) is 10.6. The van der Waals surface area contributed by atoms with E-state index < -0.39 is 0 Å². The van der Waals surface area contributed by atoms with Gasteiger partial charge in [-0.1, -0.05) is 41.1 Å². The Morgan fingerprint density at radius 3 is 2.55 bits per heavy atom. The van der Waals surface area contributed by atoms with Crippen LogP contribution in [0.1, 0.15) is 20.3 Å². The SMILES string of the molecule is C/C=C(\C=C/CC)C(=O)CBr. The van der Waals surface area contributed by atoms with Crippen molar-refractivity contribution in [3.8, 4) is 0 Å². The van der Waals surface area contributed by atoms with Crippen LogP contribution in [0.5, 0.6) is 0 Å². The molecule has 0 atom stereocenters. The number of halogens is 1. The van der Waals surface area contributed by atoms with Gasteiger partial charge >= 0.3 is 0 Å². The van der Waals surface area contributed by atoms with E-state index in [4.69, 9.17) is 0 Å². The molecule has 0 spiro atoms. The van der Waals surface area contributed by atoms with E-state index in [-0.39, 0.29) is 5.78 Å². The first-order chi connectivity index (χ1) is 5.26. The summed E-state index contributed by atoms with van der Waals surface area (Å²) in [6, 6.07) is 0. The lowest BCUT2D eigenvalue weighted by atomic mass is 10.1. The second kappa shape index (κ2) is 6.35. The lowest BCUT2D eigenvalue weighted by molar-refractivity contribution is -0.112. The highest BCUT2D eigenvalue weighted by Crippen LogP contribution is 2.01. The van der Waals surface area contributed by atoms with Gasteiger partial charge in [-0.3, -0.25) is 4.79 Å². The predicted octanol–water partition coefficient (Wildman–Crippen LogP) is 2.86. The van der Waals surface area contributed by atoms with E-state index in [0.29, 0.717) is 5.33 Å². The number of hydrogen-bond acceptors (Lipinski definition) is 1. The molecule has 0 aromatic carbocycles. The van der Waals surface area contributed by atoms with Gasteiger partial charge in [-0.15, -0.1) is 0 Å². The van der Waals surface area contributed by atoms with Gasteiger partial charge < -0.3 is 0 Å². The Morgan fingerprint density at radius 2 is 2.18 bits per heavy atom. The first-order valence-corrected chi connectivity index (χ1v) is 4.80. The number of carbonyl (C=O) groups is 1. The lowest BCUT2D eigenvalue weighted by Gasteiger charge is -1.94. The number of Topliss-reactive ketones (excluding diaryl/α,β-unsaturated/α-hetero) is 1. The molecule has 1 nitrogen and oxygen atoms in total. The highest BCUT2D eigenvalue weighted by Gasteiger charge is 2.00. The third kappa shape index (κ3) is 4.14. The molecule has 62 valence electrons. The number of carbonyl (C=O) groups excluding carboxylic acids is 1. The molecule has 0 aromatic rings. The molecule has 0 saturated heterocycles. The van der Waals surface area contributed by atoms with Crippen LogP contribution >= 0.6 is 15.9 Å². The van der Waals surface area contributed by atoms with Gasteiger partial charge in [0, 0.05) is 5.57 Å². The second-order valence-corrected chi connectivity index (χ2v) is 2.67. The fraction of sp³-hybridized carbons (Fsp3) is 0.444. The molecule has 0 unspecified atom stereocenters. The largest absolute Gasteiger partial charge is 0.293 e. The Bertz CT molecular complexity index is 180. The topological polar surface area (TPSA) is 17.1 Å². The number of alkyl halides is 1. The molecular formula is C9H13BrO. The number of allylic oxidation sites excluding steroid dienone is 4. The third-order valence-corrected chi connectivity index (χ3v) is 1.80. The molecule has 0 radical (unpaired) electrons. The van der Waals surface area contributed by atoms with Crippen molar-refractivity contribution in [2.75, 3.05) is 5.33 Å². The summed E-state index contributed by atoms with van der Waals surface area (Å²) < 4.78 is 0. The van der Waals surface area contributed by atoms with Crippen molar-refractivity contribution in [3.63, 3.8) is 0 Å². The van der Waals surface area contributed by atoms with Gasteiger partial charge in [-0.05, 0) is 13.3 Å². The molecule has 0 rings (SSSR count). The van der Waals surface area contributed by atoms with E-state index in [1.165, 1.54) is 0 Å². The first-order valence-electron chi connectivity index (χ1n) is 3.68. The summed E-state index contributed by atoms with van der Waals surface area (Å²) in [5, 5.41) is 0.403. The van der Waals surface area contributed by atoms with Crippen molar-refractivity contribution in [2.24, 2.45) is 0 Å². The smallest absolute Gasteiger partial charge is 0.173 e. The maximum absolute atomic E-state index is 11.1. The Hall–Kier alpha value is -0.370. The summed E-state index contributed by atoms with van der Waals surface area (Å²) in [6.45, 7) is 3.91. The molecule has 0 aliphatic heterocycles. The zero-order chi connectivity index (χ0) is 8.69. The quantitative estimate of drug-likeness (QED) is 0.402. The van der Waals surface area contributed by atoms with Crippen molar-refractivity contribution < 1.29 is 4.79 Å². The zero-order valence-corrected chi connectivity index (χ0v) is 8.52. The van der Waals surface area contributed by atoms with Gasteiger partial charge in [0.1, 0.15) is 0 Å². The maximum atomic E-state index is 11.1. The molecule has 0 saturated carbocycles. The van der Waals surface area contributed by atoms with Crippen molar-refractivity contribution in [1.82, 2.24) is 0 Å². The molecule has 0 aliphatic rings. The summed E-state index contributed by atoms with van der Waals surface area (Å²) in [4.78, 5) is 11.1. The third-order valence-electron chi connectivity index (χ3n) is 1.29. The van der Waals surface area contributed by atoms with E-state index in [0.717, 1.165) is 12.0 Å². The normalized spacial score (nSPS) is 12.5. The molecule has 2 heteroatoms. The van der Waals surface area contributed by atoms with Crippen LogP contribution in [0.4, 0.5) is 0 Å². The van der Waals surface area contributed by atoms with Crippen molar-refractivity contribution in [1.29, 1.82) is 0 Å². The summed E-state index contributed by atoms with van der Waals surface area (Å²) >= 11 is 3.12. The van der Waals surface area contributed by atoms with Gasteiger partial charge in [0.05, 0.1) is 5.33 Å². The number of ketones is 1. The Morgan fingerprint density at radius 1 is 1.55 bits per heavy atom. The van der Waals surface area contributed by atoms with Crippen molar-refractivity contribution >= 4 is 21.7 Å². The van der Waals surface area contributed by atoms with E-state index >= 15 is 0 Å². The van der Waals surface area contributed by atoms with Crippen LogP contribution in [0.15, 0.2) is 23.8 Å². The zero-order valence-electron chi connectivity index (χ0n) is 6.93. The fourth-order valence-electron chi connectivity index (χ4n) is 0.672. The molecule has 0 bridgehead atoms. The molecule has 0 fully saturated rings. The molecule has 0 aliphatic carbocycles. The number of rotatable bonds is 4. The summed E-state index contributed by atoms with van der Waals surface area (Å²) in [6.07, 6.45) is 6.64. The van der Waals surface area contributed by atoms with Gasteiger partial charge in [0.25, 0.3) is 0 Å². The molecular weight excluding hydrogens is 204 g/mol. The van der Waals surface area contributed by atoms with Gasteiger partial charge in [-0.2, -0.15) is 0 Å².